The first-order valence-electron chi connectivity index (χ1n) is 18.4. The number of aromatic hydroxyl groups is 1. The van der Waals surface area contributed by atoms with Gasteiger partial charge in [-0.05, 0) is 65.8 Å². The molecule has 8 rings (SSSR count). The number of hydrogen-bond donors (Lipinski definition) is 3. The summed E-state index contributed by atoms with van der Waals surface area (Å²) in [6.07, 6.45) is 9.33. The average molecular weight is 740 g/mol. The van der Waals surface area contributed by atoms with Gasteiger partial charge in [-0.15, -0.1) is 0 Å². The number of hydrogen-bond acceptors (Lipinski definition) is 12. The monoisotopic (exact) mass is 739 g/mol. The lowest BCUT2D eigenvalue weighted by Crippen LogP contribution is -2.57. The molecule has 52 heavy (non-hydrogen) atoms. The number of anilines is 1. The van der Waals surface area contributed by atoms with Gasteiger partial charge < -0.3 is 34.1 Å². The van der Waals surface area contributed by atoms with Crippen LogP contribution in [0.15, 0.2) is 12.3 Å². The maximum atomic E-state index is 17.2. The van der Waals surface area contributed by atoms with Gasteiger partial charge in [-0.25, -0.2) is 9.37 Å². The van der Waals surface area contributed by atoms with Gasteiger partial charge in [-0.1, -0.05) is 18.0 Å². The number of piperidine rings is 1. The summed E-state index contributed by atoms with van der Waals surface area (Å²) in [5.41, 5.74) is -0.967. The number of benzene rings is 1. The molecule has 0 amide bonds. The van der Waals surface area contributed by atoms with Crippen LogP contribution in [0.4, 0.5) is 10.2 Å². The van der Waals surface area contributed by atoms with E-state index < -0.39 is 11.4 Å². The summed E-state index contributed by atoms with van der Waals surface area (Å²) in [5, 5.41) is 29.3. The summed E-state index contributed by atoms with van der Waals surface area (Å²) in [5.74, 6) is -0.692. The van der Waals surface area contributed by atoms with Crippen molar-refractivity contribution in [3.05, 3.63) is 23.1 Å². The molecule has 5 unspecified atom stereocenters. The van der Waals surface area contributed by atoms with Gasteiger partial charge in [-0.3, -0.25) is 10.00 Å². The molecule has 1 aromatic carbocycles. The number of aromatic nitrogens is 5. The van der Waals surface area contributed by atoms with E-state index in [1.807, 2.05) is 4.90 Å². The van der Waals surface area contributed by atoms with E-state index in [-0.39, 0.29) is 75.6 Å². The quantitative estimate of drug-likeness (QED) is 0.216. The van der Waals surface area contributed by atoms with Crippen LogP contribution in [0.3, 0.4) is 0 Å². The Morgan fingerprint density at radius 2 is 1.92 bits per heavy atom. The Bertz CT molecular complexity index is 1970. The number of H-pyrrole nitrogens is 1. The Balaban J connectivity index is 1.23. The molecule has 0 bridgehead atoms. The average Bonchev–Trinajstić information content (AvgIpc) is 3.72. The minimum Gasteiger partial charge on any atom is -0.506 e. The predicted molar refractivity (Wildman–Crippen MR) is 194 cm³/mol. The van der Waals surface area contributed by atoms with Gasteiger partial charge in [0.1, 0.15) is 33.8 Å². The van der Waals surface area contributed by atoms with Crippen molar-refractivity contribution in [3.8, 4) is 28.9 Å². The zero-order valence-corrected chi connectivity index (χ0v) is 30.9. The molecule has 5 atom stereocenters. The number of pyridine rings is 1. The molecule has 3 saturated heterocycles. The summed E-state index contributed by atoms with van der Waals surface area (Å²) in [7, 11) is 1.44. The van der Waals surface area contributed by atoms with Crippen molar-refractivity contribution in [2.75, 3.05) is 51.5 Å². The highest BCUT2D eigenvalue weighted by Gasteiger charge is 2.51. The number of β-amino-alcohol motifs (C(OH)–C–C–N with tert-alkyl or cyclic N) is 1. The number of aliphatic hydroxyl groups is 1. The van der Waals surface area contributed by atoms with Gasteiger partial charge in [0.05, 0.1) is 62.4 Å². The van der Waals surface area contributed by atoms with E-state index >= 15 is 4.39 Å². The number of ether oxygens (including phenoxy) is 4. The Morgan fingerprint density at radius 1 is 1.13 bits per heavy atom. The van der Waals surface area contributed by atoms with Crippen LogP contribution in [0.25, 0.3) is 33.1 Å². The van der Waals surface area contributed by atoms with Gasteiger partial charge >= 0.3 is 6.01 Å². The molecule has 280 valence electrons. The SMILES string of the molecule is COc1nc(-c2c(Cl)c(O)cc3[nH]ncc23)c(F)c2nc(OCC34CCCC3N(C3CC(C)OC(C)C3)CCC4)nc(N3CCOCC(C)(O)C3)c12. The van der Waals surface area contributed by atoms with E-state index in [1.165, 1.54) is 19.4 Å². The standard InChI is InChI=1S/C37H47ClFN7O6/c1-20-13-22(14-21(2)52-20)46-10-6-9-37(8-5-7-26(37)46)19-51-35-42-32-28(33(43-35)45-11-12-50-18-36(3,48)17-45)34(49-4)41-31(30(32)39)27-23-16-40-44-24(23)15-25(47)29(27)38/h15-16,20-22,26,47-48H,5-14,17-19H2,1-4H3,(H,40,44). The molecule has 0 spiro atoms. The minimum atomic E-state index is -1.21. The number of nitrogens with one attached hydrogen (secondary N) is 1. The topological polar surface area (TPSA) is 151 Å². The van der Waals surface area contributed by atoms with Crippen LogP contribution in [0, 0.1) is 11.2 Å². The maximum absolute atomic E-state index is 17.2. The van der Waals surface area contributed by atoms with Gasteiger partial charge in [0.2, 0.25) is 5.88 Å². The van der Waals surface area contributed by atoms with Crippen LogP contribution in [-0.2, 0) is 9.47 Å². The van der Waals surface area contributed by atoms with Crippen LogP contribution in [0.5, 0.6) is 17.6 Å². The number of nitrogens with zero attached hydrogens (tertiary/aromatic N) is 6. The molecule has 3 aromatic heterocycles. The first-order valence-corrected chi connectivity index (χ1v) is 18.7. The molecule has 3 N–H and O–H groups in total. The molecule has 1 aliphatic carbocycles. The van der Waals surface area contributed by atoms with Gasteiger partial charge in [0.25, 0.3) is 0 Å². The minimum absolute atomic E-state index is 0.0198. The Kier molecular flexibility index (Phi) is 9.34. The number of phenolic OH excluding ortho intramolecular Hbond substituents is 1. The number of aromatic amines is 1. The fourth-order valence-corrected chi connectivity index (χ4v) is 9.65. The second-order valence-electron chi connectivity index (χ2n) is 15.5. The van der Waals surface area contributed by atoms with E-state index in [2.05, 4.69) is 33.9 Å². The molecule has 6 heterocycles. The zero-order chi connectivity index (χ0) is 36.4. The highest BCUT2D eigenvalue weighted by molar-refractivity contribution is 6.36. The second-order valence-corrected chi connectivity index (χ2v) is 15.9. The molecule has 3 aliphatic heterocycles. The first-order chi connectivity index (χ1) is 25.0. The molecule has 1 saturated carbocycles. The number of rotatable bonds is 7. The van der Waals surface area contributed by atoms with Crippen LogP contribution in [0.1, 0.15) is 65.7 Å². The van der Waals surface area contributed by atoms with E-state index in [9.17, 15) is 10.2 Å². The van der Waals surface area contributed by atoms with Crippen molar-refractivity contribution < 1.29 is 33.6 Å². The molecule has 4 aromatic rings. The summed E-state index contributed by atoms with van der Waals surface area (Å²) >= 11 is 6.63. The van der Waals surface area contributed by atoms with Crippen molar-refractivity contribution in [1.82, 2.24) is 30.0 Å². The molecule has 0 radical (unpaired) electrons. The number of likely N-dealkylation sites (tertiary alicyclic amines) is 1. The summed E-state index contributed by atoms with van der Waals surface area (Å²) in [6.45, 7) is 8.45. The molecule has 4 aliphatic rings. The third-order valence-electron chi connectivity index (χ3n) is 11.5. The van der Waals surface area contributed by atoms with Crippen molar-refractivity contribution >= 4 is 39.2 Å². The molecular formula is C37H47ClFN7O6. The maximum Gasteiger partial charge on any atom is 0.319 e. The first kappa shape index (κ1) is 35.5. The third-order valence-corrected chi connectivity index (χ3v) is 11.9. The van der Waals surface area contributed by atoms with Crippen molar-refractivity contribution in [1.29, 1.82) is 0 Å². The molecule has 13 nitrogen and oxygen atoms in total. The van der Waals surface area contributed by atoms with Crippen molar-refractivity contribution in [3.63, 3.8) is 0 Å². The predicted octanol–water partition coefficient (Wildman–Crippen LogP) is 5.63. The van der Waals surface area contributed by atoms with Crippen LogP contribution in [-0.4, -0.2) is 117 Å². The molecule has 15 heteroatoms. The van der Waals surface area contributed by atoms with E-state index in [1.54, 1.807) is 6.92 Å². The largest absolute Gasteiger partial charge is 0.506 e. The summed E-state index contributed by atoms with van der Waals surface area (Å²) in [4.78, 5) is 18.8. The Labute approximate surface area is 306 Å². The van der Waals surface area contributed by atoms with E-state index in [0.717, 1.165) is 51.5 Å². The molecular weight excluding hydrogens is 693 g/mol. The van der Waals surface area contributed by atoms with Crippen LogP contribution >= 0.6 is 11.6 Å². The molecule has 4 fully saturated rings. The normalized spacial score (nSPS) is 30.1. The van der Waals surface area contributed by atoms with E-state index in [4.69, 9.17) is 40.5 Å². The fourth-order valence-electron chi connectivity index (χ4n) is 9.40. The highest BCUT2D eigenvalue weighted by atomic mass is 35.5. The second kappa shape index (κ2) is 13.7. The van der Waals surface area contributed by atoms with Gasteiger partial charge in [0.15, 0.2) is 5.82 Å². The van der Waals surface area contributed by atoms with Crippen LogP contribution in [0.2, 0.25) is 5.02 Å². The lowest BCUT2D eigenvalue weighted by Gasteiger charge is -2.51. The lowest BCUT2D eigenvalue weighted by molar-refractivity contribution is -0.0967. The lowest BCUT2D eigenvalue weighted by atomic mass is 9.74. The number of fused-ring (bicyclic) bond motifs is 3. The Hall–Kier alpha value is -3.56. The van der Waals surface area contributed by atoms with Gasteiger partial charge in [0, 0.05) is 41.1 Å². The smallest absolute Gasteiger partial charge is 0.319 e. The highest BCUT2D eigenvalue weighted by Crippen LogP contribution is 2.50. The third kappa shape index (κ3) is 6.29. The van der Waals surface area contributed by atoms with Crippen molar-refractivity contribution in [2.24, 2.45) is 5.41 Å². The number of halogens is 2. The van der Waals surface area contributed by atoms with Crippen LogP contribution < -0.4 is 14.4 Å². The van der Waals surface area contributed by atoms with Gasteiger partial charge in [-0.2, -0.15) is 15.1 Å². The van der Waals surface area contributed by atoms with E-state index in [0.29, 0.717) is 48.6 Å². The number of methoxy groups -OCH3 is 1. The fraction of sp³-hybridized carbons (Fsp3) is 0.622. The zero-order valence-electron chi connectivity index (χ0n) is 30.1. The summed E-state index contributed by atoms with van der Waals surface area (Å²) in [6, 6.07) is 2.27. The van der Waals surface area contributed by atoms with Crippen molar-refractivity contribution in [2.45, 2.75) is 95.6 Å². The summed E-state index contributed by atoms with van der Waals surface area (Å²) < 4.78 is 41.4. The Morgan fingerprint density at radius 3 is 2.71 bits per heavy atom. The number of phenols is 1.